The van der Waals surface area contributed by atoms with Gasteiger partial charge in [-0.25, -0.2) is 0 Å². The van der Waals surface area contributed by atoms with Gasteiger partial charge >= 0.3 is 0 Å². The zero-order valence-corrected chi connectivity index (χ0v) is 15.2. The monoisotopic (exact) mass is 352 g/mol. The molecule has 1 aliphatic rings. The molecule has 4 heteroatoms. The van der Waals surface area contributed by atoms with Crippen molar-refractivity contribution in [3.63, 3.8) is 0 Å². The van der Waals surface area contributed by atoms with Gasteiger partial charge in [-0.15, -0.1) is 24.8 Å². The second kappa shape index (κ2) is 9.94. The number of hydrogen-bond donors (Lipinski definition) is 1. The molecule has 1 saturated heterocycles. The summed E-state index contributed by atoms with van der Waals surface area (Å²) in [5, 5.41) is 3.43. The Morgan fingerprint density at radius 2 is 1.43 bits per heavy atom. The Morgan fingerprint density at radius 1 is 0.870 bits per heavy atom. The summed E-state index contributed by atoms with van der Waals surface area (Å²) in [6, 6.07) is 20.3. The van der Waals surface area contributed by atoms with Crippen molar-refractivity contribution in [2.45, 2.75) is 19.4 Å². The molecule has 2 aromatic carbocycles. The zero-order chi connectivity index (χ0) is 14.5. The van der Waals surface area contributed by atoms with Crippen molar-refractivity contribution in [3.8, 4) is 11.1 Å². The summed E-state index contributed by atoms with van der Waals surface area (Å²) in [7, 11) is 0. The molecule has 0 aromatic heterocycles. The average Bonchev–Trinajstić information content (AvgIpc) is 2.58. The maximum absolute atomic E-state index is 3.43. The fraction of sp³-hybridized carbons (Fsp3) is 0.368. The second-order valence-electron chi connectivity index (χ2n) is 5.70. The van der Waals surface area contributed by atoms with Gasteiger partial charge in [-0.3, -0.25) is 4.90 Å². The van der Waals surface area contributed by atoms with E-state index in [1.807, 2.05) is 0 Å². The van der Waals surface area contributed by atoms with Gasteiger partial charge < -0.3 is 5.32 Å². The molecular formula is C19H26Cl2N2. The van der Waals surface area contributed by atoms with Gasteiger partial charge in [0.25, 0.3) is 0 Å². The highest BCUT2D eigenvalue weighted by Gasteiger charge is 2.20. The molecule has 0 radical (unpaired) electrons. The smallest absolute Gasteiger partial charge is 0.0346 e. The van der Waals surface area contributed by atoms with Gasteiger partial charge in [0.05, 0.1) is 0 Å². The fourth-order valence-corrected chi connectivity index (χ4v) is 3.23. The fourth-order valence-electron chi connectivity index (χ4n) is 3.23. The van der Waals surface area contributed by atoms with E-state index in [-0.39, 0.29) is 24.8 Å². The SMILES string of the molecule is CC[C@H](c1ccc(-c2ccccc2)cc1)N1CCNCC1.Cl.Cl. The number of hydrogen-bond acceptors (Lipinski definition) is 2. The van der Waals surface area contributed by atoms with E-state index < -0.39 is 0 Å². The molecule has 0 bridgehead atoms. The highest BCUT2D eigenvalue weighted by atomic mass is 35.5. The molecule has 0 aliphatic carbocycles. The standard InChI is InChI=1S/C19H24N2.2ClH/c1-2-19(21-14-12-20-13-15-21)18-10-8-17(9-11-18)16-6-4-3-5-7-16;;/h3-11,19-20H,2,12-15H2,1H3;2*1H/t19-;;/m1../s1. The molecule has 1 N–H and O–H groups in total. The minimum absolute atomic E-state index is 0. The van der Waals surface area contributed by atoms with Crippen molar-refractivity contribution in [2.24, 2.45) is 0 Å². The van der Waals surface area contributed by atoms with Crippen LogP contribution in [0.5, 0.6) is 0 Å². The number of rotatable bonds is 4. The van der Waals surface area contributed by atoms with E-state index in [2.05, 4.69) is 71.7 Å². The molecule has 23 heavy (non-hydrogen) atoms. The van der Waals surface area contributed by atoms with Gasteiger partial charge in [0.15, 0.2) is 0 Å². The lowest BCUT2D eigenvalue weighted by atomic mass is 9.98. The Morgan fingerprint density at radius 3 is 2.00 bits per heavy atom. The minimum Gasteiger partial charge on any atom is -0.314 e. The van der Waals surface area contributed by atoms with Gasteiger partial charge in [0.1, 0.15) is 0 Å². The molecule has 2 nitrogen and oxygen atoms in total. The summed E-state index contributed by atoms with van der Waals surface area (Å²) < 4.78 is 0. The lowest BCUT2D eigenvalue weighted by Crippen LogP contribution is -2.45. The van der Waals surface area contributed by atoms with E-state index in [1.165, 1.54) is 23.1 Å². The van der Waals surface area contributed by atoms with Crippen LogP contribution >= 0.6 is 24.8 Å². The highest BCUT2D eigenvalue weighted by Crippen LogP contribution is 2.27. The molecule has 1 fully saturated rings. The van der Waals surface area contributed by atoms with E-state index >= 15 is 0 Å². The van der Waals surface area contributed by atoms with Crippen LogP contribution in [0.25, 0.3) is 11.1 Å². The molecule has 0 saturated carbocycles. The second-order valence-corrected chi connectivity index (χ2v) is 5.70. The normalized spacial score (nSPS) is 16.0. The van der Waals surface area contributed by atoms with Crippen LogP contribution in [-0.2, 0) is 0 Å². The van der Waals surface area contributed by atoms with Crippen LogP contribution in [0.3, 0.4) is 0 Å². The van der Waals surface area contributed by atoms with E-state index in [0.717, 1.165) is 26.2 Å². The average molecular weight is 353 g/mol. The van der Waals surface area contributed by atoms with Crippen molar-refractivity contribution in [1.29, 1.82) is 0 Å². The molecule has 3 rings (SSSR count). The summed E-state index contributed by atoms with van der Waals surface area (Å²) >= 11 is 0. The molecule has 0 amide bonds. The first-order chi connectivity index (χ1) is 10.4. The lowest BCUT2D eigenvalue weighted by Gasteiger charge is -2.34. The van der Waals surface area contributed by atoms with E-state index in [9.17, 15) is 0 Å². The van der Waals surface area contributed by atoms with Crippen molar-refractivity contribution in [1.82, 2.24) is 10.2 Å². The quantitative estimate of drug-likeness (QED) is 0.867. The number of nitrogens with one attached hydrogen (secondary N) is 1. The van der Waals surface area contributed by atoms with Crippen LogP contribution < -0.4 is 5.32 Å². The first-order valence-electron chi connectivity index (χ1n) is 7.98. The predicted octanol–water partition coefficient (Wildman–Crippen LogP) is 4.55. The molecule has 0 unspecified atom stereocenters. The first-order valence-corrected chi connectivity index (χ1v) is 7.98. The van der Waals surface area contributed by atoms with Crippen LogP contribution in [0.4, 0.5) is 0 Å². The maximum Gasteiger partial charge on any atom is 0.0346 e. The summed E-state index contributed by atoms with van der Waals surface area (Å²) in [6.45, 7) is 6.81. The first kappa shape index (κ1) is 20.0. The molecular weight excluding hydrogens is 327 g/mol. The molecule has 126 valence electrons. The van der Waals surface area contributed by atoms with Gasteiger partial charge in [-0.1, -0.05) is 61.5 Å². The summed E-state index contributed by atoms with van der Waals surface area (Å²) in [5.74, 6) is 0. The number of piperazine rings is 1. The minimum atomic E-state index is 0. The number of halogens is 2. The largest absolute Gasteiger partial charge is 0.314 e. The topological polar surface area (TPSA) is 15.3 Å². The van der Waals surface area contributed by atoms with Crippen LogP contribution in [0.15, 0.2) is 54.6 Å². The zero-order valence-electron chi connectivity index (χ0n) is 13.6. The third-order valence-electron chi connectivity index (χ3n) is 4.38. The van der Waals surface area contributed by atoms with Crippen LogP contribution in [-0.4, -0.2) is 31.1 Å². The Labute approximate surface area is 152 Å². The van der Waals surface area contributed by atoms with Crippen LogP contribution in [0.2, 0.25) is 0 Å². The maximum atomic E-state index is 3.43. The van der Waals surface area contributed by atoms with Gasteiger partial charge in [0.2, 0.25) is 0 Å². The van der Waals surface area contributed by atoms with E-state index in [0.29, 0.717) is 6.04 Å². The molecule has 2 aromatic rings. The summed E-state index contributed by atoms with van der Waals surface area (Å²) in [4.78, 5) is 2.61. The van der Waals surface area contributed by atoms with Crippen molar-refractivity contribution in [3.05, 3.63) is 60.2 Å². The molecule has 1 aliphatic heterocycles. The van der Waals surface area contributed by atoms with Crippen molar-refractivity contribution in [2.75, 3.05) is 26.2 Å². The van der Waals surface area contributed by atoms with Crippen LogP contribution in [0.1, 0.15) is 24.9 Å². The third-order valence-corrected chi connectivity index (χ3v) is 4.38. The highest BCUT2D eigenvalue weighted by molar-refractivity contribution is 5.85. The third kappa shape index (κ3) is 4.95. The van der Waals surface area contributed by atoms with E-state index in [4.69, 9.17) is 0 Å². The van der Waals surface area contributed by atoms with Gasteiger partial charge in [-0.2, -0.15) is 0 Å². The van der Waals surface area contributed by atoms with Gasteiger partial charge in [-0.05, 0) is 23.1 Å². The van der Waals surface area contributed by atoms with Crippen molar-refractivity contribution >= 4 is 24.8 Å². The number of benzene rings is 2. The van der Waals surface area contributed by atoms with Gasteiger partial charge in [0, 0.05) is 32.2 Å². The molecule has 0 spiro atoms. The Kier molecular flexibility index (Phi) is 8.64. The molecule has 1 atom stereocenters. The summed E-state index contributed by atoms with van der Waals surface area (Å²) in [6.07, 6.45) is 1.17. The van der Waals surface area contributed by atoms with Crippen molar-refractivity contribution < 1.29 is 0 Å². The van der Waals surface area contributed by atoms with Crippen LogP contribution in [0, 0.1) is 0 Å². The van der Waals surface area contributed by atoms with E-state index in [1.54, 1.807) is 0 Å². The lowest BCUT2D eigenvalue weighted by molar-refractivity contribution is 0.169. The molecule has 1 heterocycles. The number of nitrogens with zero attached hydrogens (tertiary/aromatic N) is 1. The summed E-state index contributed by atoms with van der Waals surface area (Å²) in [5.41, 5.74) is 4.04. The Hall–Kier alpha value is -1.06. The predicted molar refractivity (Wildman–Crippen MR) is 104 cm³/mol. The Balaban J connectivity index is 0.00000132. The Bertz CT molecular complexity index is 551.